The molecule has 2 aromatic rings. The van der Waals surface area contributed by atoms with Crippen molar-refractivity contribution in [3.05, 3.63) is 47.9 Å². The highest BCUT2D eigenvalue weighted by Crippen LogP contribution is 2.10. The van der Waals surface area contributed by atoms with Crippen molar-refractivity contribution in [1.29, 1.82) is 0 Å². The van der Waals surface area contributed by atoms with Crippen molar-refractivity contribution >= 4 is 0 Å². The third kappa shape index (κ3) is 3.34. The molecule has 2 heterocycles. The Labute approximate surface area is 107 Å². The molecule has 1 unspecified atom stereocenters. The second-order valence-electron chi connectivity index (χ2n) is 4.54. The first-order chi connectivity index (χ1) is 8.67. The number of nitrogens with zero attached hydrogens (tertiary/aromatic N) is 2. The summed E-state index contributed by atoms with van der Waals surface area (Å²) in [5, 5.41) is 0. The molecule has 0 aliphatic rings. The Balaban J connectivity index is 2.06. The highest BCUT2D eigenvalue weighted by Gasteiger charge is 2.02. The van der Waals surface area contributed by atoms with Crippen molar-refractivity contribution in [2.75, 3.05) is 7.11 Å². The lowest BCUT2D eigenvalue weighted by atomic mass is 10.1. The Morgan fingerprint density at radius 2 is 2.22 bits per heavy atom. The van der Waals surface area contributed by atoms with Crippen LogP contribution in [0.3, 0.4) is 0 Å². The molecule has 2 N–H and O–H groups in total. The summed E-state index contributed by atoms with van der Waals surface area (Å²) in [7, 11) is 1.63. The molecule has 4 nitrogen and oxygen atoms in total. The second kappa shape index (κ2) is 5.69. The topological polar surface area (TPSA) is 53.1 Å². The van der Waals surface area contributed by atoms with Crippen LogP contribution in [0.15, 0.2) is 36.7 Å². The van der Waals surface area contributed by atoms with Gasteiger partial charge in [-0.25, -0.2) is 4.98 Å². The van der Waals surface area contributed by atoms with Crippen molar-refractivity contribution in [2.45, 2.75) is 25.9 Å². The zero-order valence-electron chi connectivity index (χ0n) is 10.8. The van der Waals surface area contributed by atoms with Gasteiger partial charge in [0, 0.05) is 24.5 Å². The highest BCUT2D eigenvalue weighted by atomic mass is 16.5. The molecule has 0 radical (unpaired) electrons. The quantitative estimate of drug-likeness (QED) is 0.874. The van der Waals surface area contributed by atoms with Gasteiger partial charge in [0.15, 0.2) is 0 Å². The fourth-order valence-corrected chi connectivity index (χ4v) is 1.93. The molecule has 2 rings (SSSR count). The van der Waals surface area contributed by atoms with Crippen molar-refractivity contribution < 1.29 is 4.74 Å². The maximum Gasteiger partial charge on any atom is 0.213 e. The summed E-state index contributed by atoms with van der Waals surface area (Å²) in [6.07, 6.45) is 5.07. The summed E-state index contributed by atoms with van der Waals surface area (Å²) < 4.78 is 7.22. The first-order valence-electron chi connectivity index (χ1n) is 6.07. The lowest BCUT2D eigenvalue weighted by Gasteiger charge is -2.05. The smallest absolute Gasteiger partial charge is 0.213 e. The van der Waals surface area contributed by atoms with E-state index in [9.17, 15) is 0 Å². The molecule has 0 fully saturated rings. The molecule has 0 aliphatic heterocycles. The van der Waals surface area contributed by atoms with Crippen LogP contribution < -0.4 is 10.5 Å². The molecular formula is C14H19N3O. The lowest BCUT2D eigenvalue weighted by molar-refractivity contribution is 0.396. The van der Waals surface area contributed by atoms with Crippen molar-refractivity contribution in [1.82, 2.24) is 9.55 Å². The number of rotatable bonds is 5. The maximum absolute atomic E-state index is 5.79. The number of nitrogens with two attached hydrogens (primary N) is 1. The highest BCUT2D eigenvalue weighted by molar-refractivity contribution is 5.17. The van der Waals surface area contributed by atoms with Gasteiger partial charge in [-0.05, 0) is 31.0 Å². The number of methoxy groups -OCH3 is 1. The zero-order valence-corrected chi connectivity index (χ0v) is 10.8. The minimum absolute atomic E-state index is 0.191. The van der Waals surface area contributed by atoms with Gasteiger partial charge in [0.25, 0.3) is 0 Å². The average molecular weight is 245 g/mol. The first kappa shape index (κ1) is 12.6. The SMILES string of the molecule is COc1cccc(Cn2ccc(CC(C)N)c2)n1. The summed E-state index contributed by atoms with van der Waals surface area (Å²) in [6, 6.07) is 8.08. The monoisotopic (exact) mass is 245 g/mol. The molecule has 96 valence electrons. The number of hydrogen-bond acceptors (Lipinski definition) is 3. The largest absolute Gasteiger partial charge is 0.481 e. The van der Waals surface area contributed by atoms with E-state index in [4.69, 9.17) is 10.5 Å². The predicted octanol–water partition coefficient (Wildman–Crippen LogP) is 1.83. The van der Waals surface area contributed by atoms with Gasteiger partial charge in [-0.3, -0.25) is 0 Å². The summed E-state index contributed by atoms with van der Waals surface area (Å²) in [5.41, 5.74) is 8.03. The predicted molar refractivity (Wildman–Crippen MR) is 71.7 cm³/mol. The van der Waals surface area contributed by atoms with Crippen LogP contribution >= 0.6 is 0 Å². The van der Waals surface area contributed by atoms with Gasteiger partial charge < -0.3 is 15.0 Å². The molecule has 1 atom stereocenters. The summed E-state index contributed by atoms with van der Waals surface area (Å²) in [4.78, 5) is 4.39. The van der Waals surface area contributed by atoms with Gasteiger partial charge in [0.05, 0.1) is 19.3 Å². The molecule has 0 aromatic carbocycles. The number of ether oxygens (including phenoxy) is 1. The van der Waals surface area contributed by atoms with Gasteiger partial charge in [-0.2, -0.15) is 0 Å². The Hall–Kier alpha value is -1.81. The van der Waals surface area contributed by atoms with Crippen LogP contribution in [0.25, 0.3) is 0 Å². The van der Waals surface area contributed by atoms with Gasteiger partial charge in [0.1, 0.15) is 0 Å². The third-order valence-corrected chi connectivity index (χ3v) is 2.70. The van der Waals surface area contributed by atoms with E-state index in [2.05, 4.69) is 28.0 Å². The number of aromatic nitrogens is 2. The molecule has 0 amide bonds. The molecule has 0 saturated heterocycles. The summed E-state index contributed by atoms with van der Waals surface area (Å²) in [6.45, 7) is 2.76. The lowest BCUT2D eigenvalue weighted by Crippen LogP contribution is -2.17. The normalized spacial score (nSPS) is 12.4. The van der Waals surface area contributed by atoms with E-state index in [1.54, 1.807) is 7.11 Å². The Morgan fingerprint density at radius 1 is 1.39 bits per heavy atom. The maximum atomic E-state index is 5.79. The Bertz CT molecular complexity index is 505. The fourth-order valence-electron chi connectivity index (χ4n) is 1.93. The summed E-state index contributed by atoms with van der Waals surface area (Å²) in [5.74, 6) is 0.649. The molecule has 18 heavy (non-hydrogen) atoms. The van der Waals surface area contributed by atoms with Gasteiger partial charge >= 0.3 is 0 Å². The van der Waals surface area contributed by atoms with E-state index in [0.29, 0.717) is 5.88 Å². The van der Waals surface area contributed by atoms with E-state index in [0.717, 1.165) is 18.7 Å². The van der Waals surface area contributed by atoms with Crippen LogP contribution in [0.5, 0.6) is 5.88 Å². The molecular weight excluding hydrogens is 226 g/mol. The Morgan fingerprint density at radius 3 is 2.94 bits per heavy atom. The number of pyridine rings is 1. The molecule has 0 saturated carbocycles. The standard InChI is InChI=1S/C14H19N3O/c1-11(15)8-12-6-7-17(9-12)10-13-4-3-5-14(16-13)18-2/h3-7,9,11H,8,10,15H2,1-2H3. The van der Waals surface area contributed by atoms with E-state index < -0.39 is 0 Å². The van der Waals surface area contributed by atoms with E-state index >= 15 is 0 Å². The van der Waals surface area contributed by atoms with Crippen LogP contribution in [0.2, 0.25) is 0 Å². The molecule has 4 heteroatoms. The second-order valence-corrected chi connectivity index (χ2v) is 4.54. The zero-order chi connectivity index (χ0) is 13.0. The van der Waals surface area contributed by atoms with Crippen molar-refractivity contribution in [3.8, 4) is 5.88 Å². The van der Waals surface area contributed by atoms with E-state index in [-0.39, 0.29) is 6.04 Å². The van der Waals surface area contributed by atoms with Crippen molar-refractivity contribution in [3.63, 3.8) is 0 Å². The van der Waals surface area contributed by atoms with E-state index in [1.807, 2.05) is 25.1 Å². The molecule has 2 aromatic heterocycles. The average Bonchev–Trinajstić information content (AvgIpc) is 2.76. The first-order valence-corrected chi connectivity index (χ1v) is 6.07. The van der Waals surface area contributed by atoms with Gasteiger partial charge in [-0.15, -0.1) is 0 Å². The van der Waals surface area contributed by atoms with Crippen LogP contribution in [0, 0.1) is 0 Å². The van der Waals surface area contributed by atoms with Crippen LogP contribution in [0.4, 0.5) is 0 Å². The molecule has 0 bridgehead atoms. The minimum Gasteiger partial charge on any atom is -0.481 e. The molecule has 0 aliphatic carbocycles. The molecule has 0 spiro atoms. The van der Waals surface area contributed by atoms with Crippen molar-refractivity contribution in [2.24, 2.45) is 5.73 Å². The van der Waals surface area contributed by atoms with Crippen LogP contribution in [0.1, 0.15) is 18.2 Å². The fraction of sp³-hybridized carbons (Fsp3) is 0.357. The van der Waals surface area contributed by atoms with Crippen LogP contribution in [-0.2, 0) is 13.0 Å². The van der Waals surface area contributed by atoms with Crippen LogP contribution in [-0.4, -0.2) is 22.7 Å². The van der Waals surface area contributed by atoms with Gasteiger partial charge in [0.2, 0.25) is 5.88 Å². The van der Waals surface area contributed by atoms with Gasteiger partial charge in [-0.1, -0.05) is 6.07 Å². The summed E-state index contributed by atoms with van der Waals surface area (Å²) >= 11 is 0. The number of hydrogen-bond donors (Lipinski definition) is 1. The van der Waals surface area contributed by atoms with E-state index in [1.165, 1.54) is 5.56 Å². The minimum atomic E-state index is 0.191. The third-order valence-electron chi connectivity index (χ3n) is 2.70. The Kier molecular flexibility index (Phi) is 3.99.